The minimum absolute atomic E-state index is 0.170. The van der Waals surface area contributed by atoms with Crippen molar-refractivity contribution in [1.82, 2.24) is 30.3 Å². The molecule has 0 saturated carbocycles. The number of aromatic nitrogens is 3. The van der Waals surface area contributed by atoms with E-state index in [0.29, 0.717) is 12.5 Å². The second kappa shape index (κ2) is 12.0. The number of rotatable bonds is 10. The lowest BCUT2D eigenvalue weighted by Gasteiger charge is -2.32. The zero-order chi connectivity index (χ0) is 22.0. The third-order valence-corrected chi connectivity index (χ3v) is 6.36. The van der Waals surface area contributed by atoms with E-state index < -0.39 is 0 Å². The average molecular weight is 444 g/mol. The molecule has 0 aliphatic carbocycles. The van der Waals surface area contributed by atoms with Gasteiger partial charge < -0.3 is 24.4 Å². The minimum Gasteiger partial charge on any atom is -0.468 e. The maximum absolute atomic E-state index is 5.79. The Morgan fingerprint density at radius 3 is 2.94 bits per heavy atom. The van der Waals surface area contributed by atoms with E-state index in [9.17, 15) is 0 Å². The monoisotopic (exact) mass is 443 g/mol. The van der Waals surface area contributed by atoms with E-state index >= 15 is 0 Å². The van der Waals surface area contributed by atoms with Crippen LogP contribution in [0.5, 0.6) is 0 Å². The predicted octanol–water partition coefficient (Wildman–Crippen LogP) is 2.23. The summed E-state index contributed by atoms with van der Waals surface area (Å²) >= 11 is 0. The molecule has 0 amide bonds. The lowest BCUT2D eigenvalue weighted by Crippen LogP contribution is -2.42. The lowest BCUT2D eigenvalue weighted by molar-refractivity contribution is 0.150. The number of nitrogens with one attached hydrogen (secondary N) is 2. The number of hydrogen-bond donors (Lipinski definition) is 2. The molecule has 176 valence electrons. The van der Waals surface area contributed by atoms with Gasteiger partial charge in [0.15, 0.2) is 5.96 Å². The SMILES string of the molecule is CCc1nncn1CCNC(=NCC(c1ccco1)N1CCCCC1)NCC1CCOC1. The normalized spacial score (nSPS) is 21.0. The van der Waals surface area contributed by atoms with Crippen LogP contribution in [-0.2, 0) is 17.7 Å². The topological polar surface area (TPSA) is 92.7 Å². The first-order valence-electron chi connectivity index (χ1n) is 12.1. The maximum atomic E-state index is 5.79. The minimum atomic E-state index is 0.170. The molecule has 2 aromatic rings. The standard InChI is InChI=1S/C23H37N7O2/c1-2-22-28-27-18-30(22)12-9-24-23(25-15-19-8-14-31-17-19)26-16-20(21-7-6-13-32-21)29-10-4-3-5-11-29/h6-7,13,18-20H,2-5,8-12,14-17H2,1H3,(H2,24,25,26). The fourth-order valence-corrected chi connectivity index (χ4v) is 4.47. The van der Waals surface area contributed by atoms with Gasteiger partial charge in [-0.25, -0.2) is 0 Å². The zero-order valence-electron chi connectivity index (χ0n) is 19.2. The first-order valence-corrected chi connectivity index (χ1v) is 12.1. The van der Waals surface area contributed by atoms with Gasteiger partial charge in [-0.15, -0.1) is 10.2 Å². The van der Waals surface area contributed by atoms with E-state index in [-0.39, 0.29) is 6.04 Å². The fraction of sp³-hybridized carbons (Fsp3) is 0.696. The summed E-state index contributed by atoms with van der Waals surface area (Å²) in [6, 6.07) is 4.21. The zero-order valence-corrected chi connectivity index (χ0v) is 19.2. The molecule has 0 radical (unpaired) electrons. The molecular weight excluding hydrogens is 406 g/mol. The smallest absolute Gasteiger partial charge is 0.191 e. The Balaban J connectivity index is 1.40. The molecule has 2 fully saturated rings. The Bertz CT molecular complexity index is 808. The number of aryl methyl sites for hydroxylation is 1. The highest BCUT2D eigenvalue weighted by molar-refractivity contribution is 5.79. The Morgan fingerprint density at radius 1 is 1.28 bits per heavy atom. The van der Waals surface area contributed by atoms with E-state index in [0.717, 1.165) is 76.3 Å². The molecule has 2 saturated heterocycles. The molecule has 0 bridgehead atoms. The highest BCUT2D eigenvalue weighted by atomic mass is 16.5. The largest absolute Gasteiger partial charge is 0.468 e. The van der Waals surface area contributed by atoms with Crippen LogP contribution in [-0.4, -0.2) is 71.6 Å². The van der Waals surface area contributed by atoms with Crippen molar-refractivity contribution in [1.29, 1.82) is 0 Å². The lowest BCUT2D eigenvalue weighted by atomic mass is 10.1. The Kier molecular flexibility index (Phi) is 8.56. The number of aliphatic imine (C=N–C) groups is 1. The molecule has 2 unspecified atom stereocenters. The molecule has 2 aromatic heterocycles. The molecule has 2 aliphatic heterocycles. The summed E-state index contributed by atoms with van der Waals surface area (Å²) in [4.78, 5) is 7.50. The number of piperidine rings is 1. The third-order valence-electron chi connectivity index (χ3n) is 6.36. The van der Waals surface area contributed by atoms with Crippen molar-refractivity contribution in [3.05, 3.63) is 36.3 Å². The number of ether oxygens (including phenoxy) is 1. The van der Waals surface area contributed by atoms with Gasteiger partial charge >= 0.3 is 0 Å². The van der Waals surface area contributed by atoms with Crippen LogP contribution in [0.4, 0.5) is 0 Å². The summed E-state index contributed by atoms with van der Waals surface area (Å²) in [5.74, 6) is 3.38. The molecule has 0 aromatic carbocycles. The highest BCUT2D eigenvalue weighted by Crippen LogP contribution is 2.25. The Labute approximate surface area is 190 Å². The van der Waals surface area contributed by atoms with Crippen LogP contribution in [0.25, 0.3) is 0 Å². The van der Waals surface area contributed by atoms with E-state index in [4.69, 9.17) is 14.1 Å². The molecule has 4 heterocycles. The van der Waals surface area contributed by atoms with Crippen LogP contribution < -0.4 is 10.6 Å². The molecule has 0 spiro atoms. The second-order valence-corrected chi connectivity index (χ2v) is 8.65. The molecule has 32 heavy (non-hydrogen) atoms. The highest BCUT2D eigenvalue weighted by Gasteiger charge is 2.24. The van der Waals surface area contributed by atoms with Crippen LogP contribution in [0.1, 0.15) is 50.2 Å². The summed E-state index contributed by atoms with van der Waals surface area (Å²) in [6.07, 6.45) is 9.33. The molecule has 9 heteroatoms. The van der Waals surface area contributed by atoms with Crippen LogP contribution >= 0.6 is 0 Å². The van der Waals surface area contributed by atoms with Crippen molar-refractivity contribution < 1.29 is 9.15 Å². The first-order chi connectivity index (χ1) is 15.8. The van der Waals surface area contributed by atoms with E-state index in [2.05, 4.69) is 43.3 Å². The van der Waals surface area contributed by atoms with E-state index in [1.165, 1.54) is 19.3 Å². The van der Waals surface area contributed by atoms with Crippen LogP contribution in [0, 0.1) is 5.92 Å². The molecular formula is C23H37N7O2. The van der Waals surface area contributed by atoms with Gasteiger partial charge in [0.2, 0.25) is 0 Å². The summed E-state index contributed by atoms with van der Waals surface area (Å²) in [5, 5.41) is 15.3. The first kappa shape index (κ1) is 22.8. The van der Waals surface area contributed by atoms with Crippen molar-refractivity contribution in [2.45, 2.75) is 51.6 Å². The van der Waals surface area contributed by atoms with Gasteiger partial charge in [-0.3, -0.25) is 9.89 Å². The van der Waals surface area contributed by atoms with Gasteiger partial charge in [0, 0.05) is 38.6 Å². The Morgan fingerprint density at radius 2 is 2.19 bits per heavy atom. The molecule has 2 atom stereocenters. The van der Waals surface area contributed by atoms with Crippen molar-refractivity contribution in [2.75, 3.05) is 45.9 Å². The summed E-state index contributed by atoms with van der Waals surface area (Å²) in [6.45, 7) is 9.07. The molecule has 2 N–H and O–H groups in total. The van der Waals surface area contributed by atoms with Crippen LogP contribution in [0.15, 0.2) is 34.1 Å². The molecule has 4 rings (SSSR count). The number of likely N-dealkylation sites (tertiary alicyclic amines) is 1. The summed E-state index contributed by atoms with van der Waals surface area (Å²) < 4.78 is 13.4. The van der Waals surface area contributed by atoms with Crippen molar-refractivity contribution in [3.8, 4) is 0 Å². The van der Waals surface area contributed by atoms with Gasteiger partial charge in [0.05, 0.1) is 25.5 Å². The van der Waals surface area contributed by atoms with E-state index in [1.54, 1.807) is 12.6 Å². The number of guanidine groups is 1. The van der Waals surface area contributed by atoms with Gasteiger partial charge in [-0.1, -0.05) is 13.3 Å². The van der Waals surface area contributed by atoms with Crippen molar-refractivity contribution in [2.24, 2.45) is 10.9 Å². The quantitative estimate of drug-likeness (QED) is 0.430. The molecule has 2 aliphatic rings. The van der Waals surface area contributed by atoms with Gasteiger partial charge in [-0.2, -0.15) is 0 Å². The third kappa shape index (κ3) is 6.32. The van der Waals surface area contributed by atoms with E-state index in [1.807, 2.05) is 6.07 Å². The number of nitrogens with zero attached hydrogens (tertiary/aromatic N) is 5. The van der Waals surface area contributed by atoms with Crippen LogP contribution in [0.3, 0.4) is 0 Å². The average Bonchev–Trinajstić information content (AvgIpc) is 3.61. The summed E-state index contributed by atoms with van der Waals surface area (Å²) in [5.41, 5.74) is 0. The van der Waals surface area contributed by atoms with Crippen LogP contribution in [0.2, 0.25) is 0 Å². The Hall–Kier alpha value is -2.39. The predicted molar refractivity (Wildman–Crippen MR) is 124 cm³/mol. The fourth-order valence-electron chi connectivity index (χ4n) is 4.47. The van der Waals surface area contributed by atoms with Gasteiger partial charge in [-0.05, 0) is 44.5 Å². The van der Waals surface area contributed by atoms with Gasteiger partial charge in [0.25, 0.3) is 0 Å². The van der Waals surface area contributed by atoms with Crippen molar-refractivity contribution >= 4 is 5.96 Å². The number of hydrogen-bond acceptors (Lipinski definition) is 6. The van der Waals surface area contributed by atoms with Crippen molar-refractivity contribution in [3.63, 3.8) is 0 Å². The summed E-state index contributed by atoms with van der Waals surface area (Å²) in [7, 11) is 0. The molecule has 9 nitrogen and oxygen atoms in total. The number of furan rings is 1. The maximum Gasteiger partial charge on any atom is 0.191 e. The van der Waals surface area contributed by atoms with Gasteiger partial charge in [0.1, 0.15) is 17.9 Å². The second-order valence-electron chi connectivity index (χ2n) is 8.65.